The number of fused-ring (bicyclic) bond motifs is 1. The molecule has 1 aromatic carbocycles. The normalized spacial score (nSPS) is 10.1. The molecule has 0 unspecified atom stereocenters. The van der Waals surface area contributed by atoms with Crippen LogP contribution in [-0.2, 0) is 20.9 Å². The van der Waals surface area contributed by atoms with Gasteiger partial charge in [-0.2, -0.15) is 0 Å². The maximum Gasteiger partial charge on any atom is 0.417 e. The van der Waals surface area contributed by atoms with Crippen molar-refractivity contribution in [1.29, 1.82) is 0 Å². The van der Waals surface area contributed by atoms with E-state index in [4.69, 9.17) is 5.11 Å². The second kappa shape index (κ2) is 4.61. The smallest absolute Gasteiger partial charge is 0.417 e. The van der Waals surface area contributed by atoms with Crippen molar-refractivity contribution in [3.63, 3.8) is 0 Å². The van der Waals surface area contributed by atoms with E-state index in [2.05, 4.69) is 9.72 Å². The summed E-state index contributed by atoms with van der Waals surface area (Å²) in [7, 11) is 0. The topological polar surface area (TPSA) is 76.5 Å². The lowest BCUT2D eigenvalue weighted by Crippen LogP contribution is -2.15. The van der Waals surface area contributed by atoms with Crippen molar-refractivity contribution in [1.82, 2.24) is 4.98 Å². The standard InChI is InChI=1S/C12H9NO4/c14-11(15)12(16)17-7-8-3-4-9-2-1-5-13-10(9)6-8/h1-6H,7H2,(H,14,15). The number of nitrogens with zero attached hydrogens (tertiary/aromatic N) is 1. The highest BCUT2D eigenvalue weighted by Gasteiger charge is 2.12. The molecule has 2 rings (SSSR count). The van der Waals surface area contributed by atoms with Crippen LogP contribution in [0.1, 0.15) is 5.56 Å². The van der Waals surface area contributed by atoms with Gasteiger partial charge in [-0.25, -0.2) is 9.59 Å². The summed E-state index contributed by atoms with van der Waals surface area (Å²) >= 11 is 0. The average molecular weight is 231 g/mol. The highest BCUT2D eigenvalue weighted by Crippen LogP contribution is 2.13. The summed E-state index contributed by atoms with van der Waals surface area (Å²) in [6.07, 6.45) is 1.66. The van der Waals surface area contributed by atoms with Crippen LogP contribution in [-0.4, -0.2) is 22.0 Å². The van der Waals surface area contributed by atoms with Crippen LogP contribution in [0.4, 0.5) is 0 Å². The second-order valence-corrected chi connectivity index (χ2v) is 3.41. The fourth-order valence-electron chi connectivity index (χ4n) is 1.41. The number of aromatic nitrogens is 1. The number of rotatable bonds is 2. The molecule has 0 aliphatic carbocycles. The number of esters is 1. The predicted molar refractivity (Wildman–Crippen MR) is 59.2 cm³/mol. The van der Waals surface area contributed by atoms with Crippen molar-refractivity contribution < 1.29 is 19.4 Å². The lowest BCUT2D eigenvalue weighted by Gasteiger charge is -2.03. The van der Waals surface area contributed by atoms with Crippen molar-refractivity contribution in [2.45, 2.75) is 6.61 Å². The maximum absolute atomic E-state index is 10.7. The van der Waals surface area contributed by atoms with Gasteiger partial charge in [-0.05, 0) is 17.7 Å². The summed E-state index contributed by atoms with van der Waals surface area (Å²) < 4.78 is 4.57. The van der Waals surface area contributed by atoms with Crippen molar-refractivity contribution >= 4 is 22.8 Å². The van der Waals surface area contributed by atoms with E-state index < -0.39 is 11.9 Å². The molecular formula is C12H9NO4. The monoisotopic (exact) mass is 231 g/mol. The van der Waals surface area contributed by atoms with Crippen LogP contribution < -0.4 is 0 Å². The zero-order chi connectivity index (χ0) is 12.3. The van der Waals surface area contributed by atoms with Crippen LogP contribution in [0.2, 0.25) is 0 Å². The number of carboxylic acid groups (broad SMARTS) is 1. The molecular weight excluding hydrogens is 222 g/mol. The molecule has 1 N–H and O–H groups in total. The number of hydrogen-bond donors (Lipinski definition) is 1. The number of carbonyl (C=O) groups excluding carboxylic acids is 1. The average Bonchev–Trinajstić information content (AvgIpc) is 2.35. The summed E-state index contributed by atoms with van der Waals surface area (Å²) in [5.41, 5.74) is 1.47. The van der Waals surface area contributed by atoms with Gasteiger partial charge < -0.3 is 9.84 Å². The first-order chi connectivity index (χ1) is 8.16. The minimum atomic E-state index is -1.59. The van der Waals surface area contributed by atoms with E-state index >= 15 is 0 Å². The predicted octanol–water partition coefficient (Wildman–Crippen LogP) is 1.36. The van der Waals surface area contributed by atoms with Gasteiger partial charge in [0.1, 0.15) is 6.61 Å². The van der Waals surface area contributed by atoms with Crippen molar-refractivity contribution in [3.8, 4) is 0 Å². The molecule has 0 saturated carbocycles. The van der Waals surface area contributed by atoms with Crippen molar-refractivity contribution in [2.75, 3.05) is 0 Å². The highest BCUT2D eigenvalue weighted by molar-refractivity contribution is 6.28. The summed E-state index contributed by atoms with van der Waals surface area (Å²) in [6, 6.07) is 9.09. The first kappa shape index (κ1) is 11.1. The number of hydrogen-bond acceptors (Lipinski definition) is 4. The largest absolute Gasteiger partial charge is 0.473 e. The van der Waals surface area contributed by atoms with Crippen LogP contribution in [0, 0.1) is 0 Å². The van der Waals surface area contributed by atoms with Crippen molar-refractivity contribution in [2.24, 2.45) is 0 Å². The third kappa shape index (κ3) is 2.57. The van der Waals surface area contributed by atoms with Gasteiger partial charge in [-0.1, -0.05) is 18.2 Å². The molecule has 5 nitrogen and oxygen atoms in total. The molecule has 0 radical (unpaired) electrons. The zero-order valence-electron chi connectivity index (χ0n) is 8.79. The molecule has 0 atom stereocenters. The fraction of sp³-hybridized carbons (Fsp3) is 0.0833. The minimum Gasteiger partial charge on any atom is -0.473 e. The van der Waals surface area contributed by atoms with E-state index in [9.17, 15) is 9.59 Å². The molecule has 1 aromatic heterocycles. The summed E-state index contributed by atoms with van der Waals surface area (Å²) in [5.74, 6) is -2.85. The first-order valence-electron chi connectivity index (χ1n) is 4.90. The molecule has 0 fully saturated rings. The van der Waals surface area contributed by atoms with Crippen LogP contribution in [0.3, 0.4) is 0 Å². The Morgan fingerprint density at radius 2 is 2.12 bits per heavy atom. The van der Waals surface area contributed by atoms with Crippen molar-refractivity contribution in [3.05, 3.63) is 42.1 Å². The van der Waals surface area contributed by atoms with Gasteiger partial charge in [0.05, 0.1) is 5.52 Å². The number of carbonyl (C=O) groups is 2. The van der Waals surface area contributed by atoms with Gasteiger partial charge in [0.15, 0.2) is 0 Å². The zero-order valence-corrected chi connectivity index (χ0v) is 8.79. The Kier molecular flexibility index (Phi) is 3.00. The Hall–Kier alpha value is -2.43. The number of aliphatic carboxylic acids is 1. The van der Waals surface area contributed by atoms with Gasteiger partial charge in [0.2, 0.25) is 0 Å². The van der Waals surface area contributed by atoms with E-state index in [0.29, 0.717) is 5.56 Å². The SMILES string of the molecule is O=C(O)C(=O)OCc1ccc2cccnc2c1. The van der Waals surface area contributed by atoms with E-state index in [1.165, 1.54) is 0 Å². The third-order valence-corrected chi connectivity index (χ3v) is 2.21. The fourth-order valence-corrected chi connectivity index (χ4v) is 1.41. The maximum atomic E-state index is 10.7. The molecule has 0 spiro atoms. The van der Waals surface area contributed by atoms with Gasteiger partial charge in [0, 0.05) is 11.6 Å². The van der Waals surface area contributed by atoms with Crippen LogP contribution in [0.25, 0.3) is 10.9 Å². The first-order valence-corrected chi connectivity index (χ1v) is 4.90. The highest BCUT2D eigenvalue weighted by atomic mass is 16.6. The molecule has 0 saturated heterocycles. The molecule has 17 heavy (non-hydrogen) atoms. The van der Waals surface area contributed by atoms with Crippen LogP contribution in [0.15, 0.2) is 36.5 Å². The van der Waals surface area contributed by atoms with Gasteiger partial charge in [-0.15, -0.1) is 0 Å². The number of pyridine rings is 1. The molecule has 0 bridgehead atoms. The molecule has 0 aliphatic heterocycles. The van der Waals surface area contributed by atoms with E-state index in [1.54, 1.807) is 18.3 Å². The molecule has 2 aromatic rings. The van der Waals surface area contributed by atoms with E-state index in [-0.39, 0.29) is 6.61 Å². The number of benzene rings is 1. The molecule has 1 heterocycles. The minimum absolute atomic E-state index is 0.0718. The van der Waals surface area contributed by atoms with Crippen LogP contribution >= 0.6 is 0 Å². The lowest BCUT2D eigenvalue weighted by atomic mass is 10.1. The number of carboxylic acids is 1. The lowest BCUT2D eigenvalue weighted by molar-refractivity contribution is -0.164. The Morgan fingerprint density at radius 3 is 2.88 bits per heavy atom. The van der Waals surface area contributed by atoms with Gasteiger partial charge in [-0.3, -0.25) is 4.98 Å². The summed E-state index contributed by atoms with van der Waals surface area (Å²) in [4.78, 5) is 25.1. The Bertz CT molecular complexity index is 579. The van der Waals surface area contributed by atoms with E-state index in [1.807, 2.05) is 18.2 Å². The molecule has 0 aliphatic rings. The van der Waals surface area contributed by atoms with E-state index in [0.717, 1.165) is 10.9 Å². The third-order valence-electron chi connectivity index (χ3n) is 2.21. The quantitative estimate of drug-likeness (QED) is 0.623. The Labute approximate surface area is 96.7 Å². The number of ether oxygens (including phenoxy) is 1. The van der Waals surface area contributed by atoms with Gasteiger partial charge in [0.25, 0.3) is 0 Å². The molecule has 0 amide bonds. The summed E-state index contributed by atoms with van der Waals surface area (Å²) in [5, 5.41) is 9.32. The molecule has 86 valence electrons. The molecule has 5 heteroatoms. The van der Waals surface area contributed by atoms with Gasteiger partial charge >= 0.3 is 11.9 Å². The Morgan fingerprint density at radius 1 is 1.29 bits per heavy atom. The summed E-state index contributed by atoms with van der Waals surface area (Å²) in [6.45, 7) is -0.0718. The Balaban J connectivity index is 2.14. The van der Waals surface area contributed by atoms with Crippen LogP contribution in [0.5, 0.6) is 0 Å². The second-order valence-electron chi connectivity index (χ2n) is 3.41.